The summed E-state index contributed by atoms with van der Waals surface area (Å²) in [5.41, 5.74) is 4.51. The number of Topliss-reactive ketones (excluding diaryl/α,β-unsaturated/α-hetero) is 1. The van der Waals surface area contributed by atoms with E-state index in [4.69, 9.17) is 28.9 Å². The Morgan fingerprint density at radius 1 is 1.24 bits per heavy atom. The number of halogens is 2. The molecule has 9 heteroatoms. The lowest BCUT2D eigenvalue weighted by molar-refractivity contribution is 0.102. The lowest BCUT2D eigenvalue weighted by atomic mass is 10.2. The minimum atomic E-state index is -0.703. The molecule has 0 unspecified atom stereocenters. The van der Waals surface area contributed by atoms with E-state index in [1.54, 1.807) is 18.2 Å². The molecule has 0 aliphatic heterocycles. The van der Waals surface area contributed by atoms with E-state index in [1.165, 1.54) is 11.6 Å². The Kier molecular flexibility index (Phi) is 6.37. The standard InChI is InChI=1S/C16H17Cl2N3O3S/c1-3-7-21-14(19)12(15(23)20(2)16(21)24)11(22)8-25-13-9(17)5-4-6-10(13)18/h4-6H,3,7-8,19H2,1-2H3. The van der Waals surface area contributed by atoms with Gasteiger partial charge in [-0.25, -0.2) is 4.79 Å². The Balaban J connectivity index is 2.40. The van der Waals surface area contributed by atoms with Crippen molar-refractivity contribution in [2.24, 2.45) is 7.05 Å². The maximum absolute atomic E-state index is 12.6. The molecule has 0 bridgehead atoms. The quantitative estimate of drug-likeness (QED) is 0.593. The second-order valence-electron chi connectivity index (χ2n) is 5.32. The lowest BCUT2D eigenvalue weighted by Gasteiger charge is -2.14. The van der Waals surface area contributed by atoms with Crippen LogP contribution in [-0.4, -0.2) is 20.7 Å². The van der Waals surface area contributed by atoms with Crippen LogP contribution >= 0.6 is 35.0 Å². The zero-order valence-corrected chi connectivity index (χ0v) is 16.0. The highest BCUT2D eigenvalue weighted by Crippen LogP contribution is 2.34. The van der Waals surface area contributed by atoms with Crippen LogP contribution in [0.1, 0.15) is 23.7 Å². The van der Waals surface area contributed by atoms with Crippen LogP contribution in [0.5, 0.6) is 0 Å². The third-order valence-corrected chi connectivity index (χ3v) is 5.56. The van der Waals surface area contributed by atoms with Crippen LogP contribution in [0.2, 0.25) is 10.0 Å². The average Bonchev–Trinajstić information content (AvgIpc) is 2.56. The Morgan fingerprint density at radius 2 is 1.84 bits per heavy atom. The number of aromatic nitrogens is 2. The number of hydrogen-bond acceptors (Lipinski definition) is 5. The van der Waals surface area contributed by atoms with Crippen molar-refractivity contribution in [3.63, 3.8) is 0 Å². The molecule has 0 spiro atoms. The Labute approximate surface area is 158 Å². The van der Waals surface area contributed by atoms with Crippen LogP contribution in [0, 0.1) is 0 Å². The van der Waals surface area contributed by atoms with Crippen LogP contribution in [0.3, 0.4) is 0 Å². The minimum absolute atomic E-state index is 0.0762. The Bertz CT molecular complexity index is 917. The van der Waals surface area contributed by atoms with Crippen LogP contribution in [0.15, 0.2) is 32.7 Å². The van der Waals surface area contributed by atoms with E-state index in [0.717, 1.165) is 16.3 Å². The smallest absolute Gasteiger partial charge is 0.332 e. The molecule has 2 aromatic rings. The number of hydrogen-bond donors (Lipinski definition) is 1. The van der Waals surface area contributed by atoms with Gasteiger partial charge >= 0.3 is 5.69 Å². The SMILES string of the molecule is CCCn1c(N)c(C(=O)CSc2c(Cl)cccc2Cl)c(=O)n(C)c1=O. The molecule has 0 aliphatic rings. The molecule has 0 aliphatic carbocycles. The van der Waals surface area contributed by atoms with Gasteiger partial charge in [0.1, 0.15) is 11.4 Å². The van der Waals surface area contributed by atoms with E-state index in [9.17, 15) is 14.4 Å². The van der Waals surface area contributed by atoms with Crippen molar-refractivity contribution in [2.75, 3.05) is 11.5 Å². The highest BCUT2D eigenvalue weighted by atomic mass is 35.5. The number of nitrogen functional groups attached to an aromatic ring is 1. The molecule has 1 heterocycles. The largest absolute Gasteiger partial charge is 0.384 e. The molecule has 1 aromatic heterocycles. The molecule has 6 nitrogen and oxygen atoms in total. The van der Waals surface area contributed by atoms with Crippen LogP contribution in [0.4, 0.5) is 5.82 Å². The number of carbonyl (C=O) groups excluding carboxylic acids is 1. The van der Waals surface area contributed by atoms with E-state index in [0.29, 0.717) is 27.9 Å². The first-order valence-corrected chi connectivity index (χ1v) is 9.23. The molecule has 134 valence electrons. The summed E-state index contributed by atoms with van der Waals surface area (Å²) in [6.45, 7) is 2.19. The molecular formula is C16H17Cl2N3O3S. The number of ketones is 1. The van der Waals surface area contributed by atoms with Crippen molar-refractivity contribution in [1.82, 2.24) is 9.13 Å². The molecule has 0 atom stereocenters. The third-order valence-electron chi connectivity index (χ3n) is 3.58. The van der Waals surface area contributed by atoms with Gasteiger partial charge in [-0.05, 0) is 18.6 Å². The molecule has 25 heavy (non-hydrogen) atoms. The van der Waals surface area contributed by atoms with Crippen LogP contribution < -0.4 is 17.0 Å². The number of nitrogens with two attached hydrogens (primary N) is 1. The lowest BCUT2D eigenvalue weighted by Crippen LogP contribution is -2.42. The van der Waals surface area contributed by atoms with Crippen molar-refractivity contribution in [1.29, 1.82) is 0 Å². The van der Waals surface area contributed by atoms with Gasteiger partial charge in [-0.15, -0.1) is 11.8 Å². The number of rotatable bonds is 6. The topological polar surface area (TPSA) is 87.1 Å². The van der Waals surface area contributed by atoms with Crippen LogP contribution in [0.25, 0.3) is 0 Å². The first kappa shape index (κ1) is 19.6. The summed E-state index contributed by atoms with van der Waals surface area (Å²) < 4.78 is 2.13. The zero-order chi connectivity index (χ0) is 18.7. The van der Waals surface area contributed by atoms with Gasteiger partial charge in [0.15, 0.2) is 5.78 Å². The van der Waals surface area contributed by atoms with Gasteiger partial charge in [0.2, 0.25) is 0 Å². The number of benzene rings is 1. The third kappa shape index (κ3) is 3.94. The maximum atomic E-state index is 12.6. The fourth-order valence-corrected chi connectivity index (χ4v) is 3.87. The molecule has 2 rings (SSSR count). The van der Waals surface area contributed by atoms with E-state index >= 15 is 0 Å². The second-order valence-corrected chi connectivity index (χ2v) is 7.12. The fraction of sp³-hybridized carbons (Fsp3) is 0.312. The minimum Gasteiger partial charge on any atom is -0.384 e. The molecule has 0 fully saturated rings. The number of anilines is 1. The maximum Gasteiger partial charge on any atom is 0.332 e. The van der Waals surface area contributed by atoms with E-state index in [2.05, 4.69) is 0 Å². The summed E-state index contributed by atoms with van der Waals surface area (Å²) in [5, 5.41) is 0.837. The summed E-state index contributed by atoms with van der Waals surface area (Å²) >= 11 is 13.3. The normalized spacial score (nSPS) is 10.9. The number of thioether (sulfide) groups is 1. The summed E-state index contributed by atoms with van der Waals surface area (Å²) in [7, 11) is 1.32. The molecule has 0 saturated heterocycles. The molecule has 0 radical (unpaired) electrons. The average molecular weight is 402 g/mol. The highest BCUT2D eigenvalue weighted by Gasteiger charge is 2.22. The van der Waals surface area contributed by atoms with Gasteiger partial charge in [0.05, 0.1) is 15.8 Å². The summed E-state index contributed by atoms with van der Waals surface area (Å²) in [6.07, 6.45) is 0.639. The van der Waals surface area contributed by atoms with E-state index in [-0.39, 0.29) is 17.1 Å². The van der Waals surface area contributed by atoms with E-state index < -0.39 is 17.0 Å². The summed E-state index contributed by atoms with van der Waals surface area (Å²) in [5.74, 6) is -0.664. The van der Waals surface area contributed by atoms with Crippen molar-refractivity contribution in [3.8, 4) is 0 Å². The van der Waals surface area contributed by atoms with E-state index in [1.807, 2.05) is 6.92 Å². The number of nitrogens with zero attached hydrogens (tertiary/aromatic N) is 2. The monoisotopic (exact) mass is 401 g/mol. The second kappa shape index (κ2) is 8.12. The van der Waals surface area contributed by atoms with Gasteiger partial charge in [-0.2, -0.15) is 0 Å². The molecule has 0 saturated carbocycles. The van der Waals surface area contributed by atoms with Gasteiger partial charge in [0, 0.05) is 18.5 Å². The van der Waals surface area contributed by atoms with Crippen LogP contribution in [-0.2, 0) is 13.6 Å². The Hall–Kier alpha value is -1.70. The zero-order valence-electron chi connectivity index (χ0n) is 13.7. The van der Waals surface area contributed by atoms with Gasteiger partial charge < -0.3 is 5.73 Å². The Morgan fingerprint density at radius 3 is 2.40 bits per heavy atom. The van der Waals surface area contributed by atoms with Gasteiger partial charge in [0.25, 0.3) is 5.56 Å². The van der Waals surface area contributed by atoms with Gasteiger partial charge in [-0.3, -0.25) is 18.7 Å². The van der Waals surface area contributed by atoms with Crippen molar-refractivity contribution in [3.05, 3.63) is 54.6 Å². The highest BCUT2D eigenvalue weighted by molar-refractivity contribution is 8.00. The summed E-state index contributed by atoms with van der Waals surface area (Å²) in [4.78, 5) is 37.6. The van der Waals surface area contributed by atoms with Gasteiger partial charge in [-0.1, -0.05) is 36.2 Å². The predicted octanol–water partition coefficient (Wildman–Crippen LogP) is 2.82. The number of carbonyl (C=O) groups is 1. The molecule has 0 amide bonds. The summed E-state index contributed by atoms with van der Waals surface area (Å²) in [6, 6.07) is 5.02. The van der Waals surface area contributed by atoms with Crippen molar-refractivity contribution >= 4 is 46.6 Å². The molecular weight excluding hydrogens is 385 g/mol. The van der Waals surface area contributed by atoms with Crippen molar-refractivity contribution < 1.29 is 4.79 Å². The first-order valence-electron chi connectivity index (χ1n) is 7.48. The first-order chi connectivity index (χ1) is 11.8. The molecule has 1 aromatic carbocycles. The molecule has 2 N–H and O–H groups in total. The predicted molar refractivity (Wildman–Crippen MR) is 102 cm³/mol. The fourth-order valence-electron chi connectivity index (χ4n) is 2.32. The van der Waals surface area contributed by atoms with Crippen molar-refractivity contribution in [2.45, 2.75) is 24.8 Å².